The molecule has 0 fully saturated rings. The lowest BCUT2D eigenvalue weighted by molar-refractivity contribution is -0.117. The van der Waals surface area contributed by atoms with Gasteiger partial charge in [0.05, 0.1) is 6.04 Å². The molecule has 1 atom stereocenters. The highest BCUT2D eigenvalue weighted by molar-refractivity contribution is 7.09. The molecular weight excluding hydrogens is 346 g/mol. The Morgan fingerprint density at radius 1 is 1.35 bits per heavy atom. The monoisotopic (exact) mass is 367 g/mol. The van der Waals surface area contributed by atoms with E-state index < -0.39 is 0 Å². The van der Waals surface area contributed by atoms with Gasteiger partial charge in [0.1, 0.15) is 5.01 Å². The standard InChI is InChI=1S/C20H21N3O2S/c1-13(2)11-17(20-21-9-10-26-20)22-18(24)8-7-15-12-14-5-3-4-6-16(14)23-19(15)25/h3-10,12-13,17H,11H2,1-2H3,(H,22,24)(H,23,25)/b8-7+. The van der Waals surface area contributed by atoms with Crippen molar-refractivity contribution in [1.29, 1.82) is 0 Å². The van der Waals surface area contributed by atoms with Gasteiger partial charge in [-0.3, -0.25) is 9.59 Å². The number of hydrogen-bond acceptors (Lipinski definition) is 4. The molecule has 3 aromatic rings. The van der Waals surface area contributed by atoms with Gasteiger partial charge in [0.15, 0.2) is 0 Å². The van der Waals surface area contributed by atoms with Crippen molar-refractivity contribution in [2.45, 2.75) is 26.3 Å². The van der Waals surface area contributed by atoms with Crippen molar-refractivity contribution in [3.05, 3.63) is 68.9 Å². The molecule has 6 heteroatoms. The minimum atomic E-state index is -0.238. The highest BCUT2D eigenvalue weighted by atomic mass is 32.1. The van der Waals surface area contributed by atoms with Gasteiger partial charge >= 0.3 is 0 Å². The van der Waals surface area contributed by atoms with Crippen LogP contribution < -0.4 is 10.9 Å². The van der Waals surface area contributed by atoms with Gasteiger partial charge in [-0.05, 0) is 35.9 Å². The van der Waals surface area contributed by atoms with Crippen LogP contribution in [-0.2, 0) is 4.79 Å². The zero-order chi connectivity index (χ0) is 18.5. The first-order valence-electron chi connectivity index (χ1n) is 8.53. The third-order valence-electron chi connectivity index (χ3n) is 3.97. The highest BCUT2D eigenvalue weighted by Crippen LogP contribution is 2.23. The van der Waals surface area contributed by atoms with Crippen molar-refractivity contribution in [1.82, 2.24) is 15.3 Å². The number of aromatic amines is 1. The fourth-order valence-corrected chi connectivity index (χ4v) is 3.48. The average molecular weight is 367 g/mol. The van der Waals surface area contributed by atoms with Crippen LogP contribution in [0.25, 0.3) is 17.0 Å². The number of aromatic nitrogens is 2. The van der Waals surface area contributed by atoms with Crippen molar-refractivity contribution in [2.75, 3.05) is 0 Å². The van der Waals surface area contributed by atoms with E-state index in [1.807, 2.05) is 29.6 Å². The zero-order valence-corrected chi connectivity index (χ0v) is 15.5. The van der Waals surface area contributed by atoms with E-state index in [0.717, 1.165) is 22.3 Å². The second-order valence-electron chi connectivity index (χ2n) is 6.54. The van der Waals surface area contributed by atoms with Gasteiger partial charge < -0.3 is 10.3 Å². The summed E-state index contributed by atoms with van der Waals surface area (Å²) in [5.74, 6) is 0.190. The quantitative estimate of drug-likeness (QED) is 0.649. The van der Waals surface area contributed by atoms with Crippen molar-refractivity contribution in [3.8, 4) is 0 Å². The van der Waals surface area contributed by atoms with Crippen molar-refractivity contribution in [2.24, 2.45) is 5.92 Å². The lowest BCUT2D eigenvalue weighted by Crippen LogP contribution is -2.28. The van der Waals surface area contributed by atoms with Crippen LogP contribution >= 0.6 is 11.3 Å². The number of thiazole rings is 1. The Morgan fingerprint density at radius 3 is 2.88 bits per heavy atom. The molecule has 0 aliphatic heterocycles. The molecule has 0 bridgehead atoms. The van der Waals surface area contributed by atoms with Crippen molar-refractivity contribution < 1.29 is 4.79 Å². The third-order valence-corrected chi connectivity index (χ3v) is 4.86. The topological polar surface area (TPSA) is 74.8 Å². The maximum Gasteiger partial charge on any atom is 0.255 e. The summed E-state index contributed by atoms with van der Waals surface area (Å²) in [6.45, 7) is 4.22. The predicted octanol–water partition coefficient (Wildman–Crippen LogP) is 3.90. The summed E-state index contributed by atoms with van der Waals surface area (Å²) in [6.07, 6.45) is 5.50. The summed E-state index contributed by atoms with van der Waals surface area (Å²) in [7, 11) is 0. The molecular formula is C20H21N3O2S. The minimum absolute atomic E-state index is 0.123. The number of carbonyl (C=O) groups excluding carboxylic acids is 1. The molecule has 0 saturated carbocycles. The van der Waals surface area contributed by atoms with E-state index in [4.69, 9.17) is 0 Å². The molecule has 0 saturated heterocycles. The summed E-state index contributed by atoms with van der Waals surface area (Å²) >= 11 is 1.53. The molecule has 1 amide bonds. The fraction of sp³-hybridized carbons (Fsp3) is 0.250. The smallest absolute Gasteiger partial charge is 0.255 e. The van der Waals surface area contributed by atoms with E-state index in [2.05, 4.69) is 29.1 Å². The second kappa shape index (κ2) is 8.10. The zero-order valence-electron chi connectivity index (χ0n) is 14.7. The first-order chi connectivity index (χ1) is 12.5. The molecule has 0 aliphatic rings. The number of H-pyrrole nitrogens is 1. The molecule has 26 heavy (non-hydrogen) atoms. The summed E-state index contributed by atoms with van der Waals surface area (Å²) < 4.78 is 0. The Bertz CT molecular complexity index is 974. The van der Waals surface area contributed by atoms with Crippen LogP contribution in [0.15, 0.2) is 52.8 Å². The number of hydrogen-bond donors (Lipinski definition) is 2. The number of nitrogens with zero attached hydrogens (tertiary/aromatic N) is 1. The normalized spacial score (nSPS) is 12.7. The maximum atomic E-state index is 12.3. The Hall–Kier alpha value is -2.73. The summed E-state index contributed by atoms with van der Waals surface area (Å²) in [4.78, 5) is 31.6. The van der Waals surface area contributed by atoms with Crippen molar-refractivity contribution in [3.63, 3.8) is 0 Å². The first-order valence-corrected chi connectivity index (χ1v) is 9.41. The second-order valence-corrected chi connectivity index (χ2v) is 7.46. The van der Waals surface area contributed by atoms with Crippen LogP contribution in [-0.4, -0.2) is 15.9 Å². The highest BCUT2D eigenvalue weighted by Gasteiger charge is 2.17. The van der Waals surface area contributed by atoms with E-state index >= 15 is 0 Å². The van der Waals surface area contributed by atoms with Crippen LogP contribution in [0.2, 0.25) is 0 Å². The van der Waals surface area contributed by atoms with Gasteiger partial charge in [-0.25, -0.2) is 4.98 Å². The Morgan fingerprint density at radius 2 is 2.15 bits per heavy atom. The van der Waals surface area contributed by atoms with E-state index in [0.29, 0.717) is 11.5 Å². The van der Waals surface area contributed by atoms with Gasteiger partial charge in [-0.1, -0.05) is 32.0 Å². The lowest BCUT2D eigenvalue weighted by atomic mass is 10.0. The van der Waals surface area contributed by atoms with Crippen LogP contribution in [0, 0.1) is 5.92 Å². The number of amides is 1. The molecule has 134 valence electrons. The number of rotatable bonds is 6. The number of carbonyl (C=O) groups is 1. The largest absolute Gasteiger partial charge is 0.343 e. The molecule has 5 nitrogen and oxygen atoms in total. The fourth-order valence-electron chi connectivity index (χ4n) is 2.77. The van der Waals surface area contributed by atoms with Gasteiger partial charge in [0.2, 0.25) is 5.91 Å². The Labute approximate surface area is 155 Å². The lowest BCUT2D eigenvalue weighted by Gasteiger charge is -2.17. The van der Waals surface area contributed by atoms with Crippen molar-refractivity contribution >= 4 is 34.2 Å². The number of benzene rings is 1. The third kappa shape index (κ3) is 4.46. The minimum Gasteiger partial charge on any atom is -0.343 e. The summed E-state index contributed by atoms with van der Waals surface area (Å²) in [6, 6.07) is 9.21. The van der Waals surface area contributed by atoms with Crippen LogP contribution in [0.5, 0.6) is 0 Å². The molecule has 0 spiro atoms. The number of nitrogens with one attached hydrogen (secondary N) is 2. The predicted molar refractivity (Wildman–Crippen MR) is 106 cm³/mol. The van der Waals surface area contributed by atoms with Gasteiger partial charge in [-0.2, -0.15) is 0 Å². The first kappa shape index (κ1) is 18.1. The average Bonchev–Trinajstić information content (AvgIpc) is 3.13. The molecule has 1 aromatic carbocycles. The maximum absolute atomic E-state index is 12.3. The van der Waals surface area contributed by atoms with E-state index in [-0.39, 0.29) is 17.5 Å². The van der Waals surface area contributed by atoms with E-state index in [1.54, 1.807) is 18.3 Å². The van der Waals surface area contributed by atoms with Gasteiger partial charge in [-0.15, -0.1) is 11.3 Å². The molecule has 3 rings (SSSR count). The van der Waals surface area contributed by atoms with E-state index in [9.17, 15) is 9.59 Å². The van der Waals surface area contributed by atoms with E-state index in [1.165, 1.54) is 17.4 Å². The van der Waals surface area contributed by atoms with Gasteiger partial charge in [0, 0.05) is 28.7 Å². The van der Waals surface area contributed by atoms with Crippen LogP contribution in [0.4, 0.5) is 0 Å². The number of para-hydroxylation sites is 1. The molecule has 2 heterocycles. The van der Waals surface area contributed by atoms with Crippen LogP contribution in [0.1, 0.15) is 36.9 Å². The number of fused-ring (bicyclic) bond motifs is 1. The molecule has 2 N–H and O–H groups in total. The van der Waals surface area contributed by atoms with Gasteiger partial charge in [0.25, 0.3) is 5.56 Å². The van der Waals surface area contributed by atoms with Crippen LogP contribution in [0.3, 0.4) is 0 Å². The molecule has 0 radical (unpaired) electrons. The SMILES string of the molecule is CC(C)CC(NC(=O)/C=C/c1cc2ccccc2[nH]c1=O)c1nccs1. The molecule has 0 aliphatic carbocycles. The summed E-state index contributed by atoms with van der Waals surface area (Å²) in [5, 5.41) is 6.71. The molecule has 1 unspecified atom stereocenters. The summed E-state index contributed by atoms with van der Waals surface area (Å²) in [5.41, 5.74) is 1.01. The Kier molecular flexibility index (Phi) is 5.63. The Balaban J connectivity index is 1.76. The number of pyridine rings is 1. The molecule has 2 aromatic heterocycles.